The number of nitrogens with one attached hydrogen (secondary N) is 1. The molecule has 120 valence electrons. The summed E-state index contributed by atoms with van der Waals surface area (Å²) >= 11 is 0. The molecule has 3 nitrogen and oxygen atoms in total. The summed E-state index contributed by atoms with van der Waals surface area (Å²) in [6.07, 6.45) is 0. The van der Waals surface area contributed by atoms with Crippen LogP contribution >= 0.6 is 0 Å². The molecule has 1 rings (SSSR count). The fourth-order valence-electron chi connectivity index (χ4n) is 2.33. The number of hydrogen-bond donors (Lipinski definition) is 1. The summed E-state index contributed by atoms with van der Waals surface area (Å²) in [6.45, 7) is 16.4. The van der Waals surface area contributed by atoms with Gasteiger partial charge < -0.3 is 10.2 Å². The highest BCUT2D eigenvalue weighted by molar-refractivity contribution is 5.42. The summed E-state index contributed by atoms with van der Waals surface area (Å²) in [6, 6.07) is 4.46. The Kier molecular flexibility index (Phi) is 7.16. The SMILES string of the molecule is CC(C)CNCc1cc(C(C)C)nc(N(C)CC(C)C)c1. The van der Waals surface area contributed by atoms with Crippen LogP contribution in [0.2, 0.25) is 0 Å². The molecule has 0 aliphatic heterocycles. The smallest absolute Gasteiger partial charge is 0.128 e. The first-order valence-corrected chi connectivity index (χ1v) is 8.22. The van der Waals surface area contributed by atoms with Crippen LogP contribution in [0.3, 0.4) is 0 Å². The molecule has 1 N–H and O–H groups in total. The molecular weight excluding hydrogens is 258 g/mol. The van der Waals surface area contributed by atoms with E-state index < -0.39 is 0 Å². The van der Waals surface area contributed by atoms with E-state index in [9.17, 15) is 0 Å². The fraction of sp³-hybridized carbons (Fsp3) is 0.722. The zero-order chi connectivity index (χ0) is 16.0. The molecule has 1 heterocycles. The van der Waals surface area contributed by atoms with Crippen LogP contribution in [-0.2, 0) is 6.54 Å². The van der Waals surface area contributed by atoms with E-state index in [1.807, 2.05) is 0 Å². The molecule has 0 fully saturated rings. The van der Waals surface area contributed by atoms with Crippen molar-refractivity contribution in [3.05, 3.63) is 23.4 Å². The lowest BCUT2D eigenvalue weighted by molar-refractivity contribution is 0.551. The first-order valence-electron chi connectivity index (χ1n) is 8.22. The van der Waals surface area contributed by atoms with Gasteiger partial charge in [0.05, 0.1) is 0 Å². The van der Waals surface area contributed by atoms with E-state index in [0.717, 1.165) is 25.5 Å². The fourth-order valence-corrected chi connectivity index (χ4v) is 2.33. The standard InChI is InChI=1S/C18H33N3/c1-13(2)10-19-11-16-8-17(15(5)6)20-18(9-16)21(7)12-14(3)4/h8-9,13-15,19H,10-12H2,1-7H3. The molecule has 3 heteroatoms. The van der Waals surface area contributed by atoms with E-state index in [-0.39, 0.29) is 0 Å². The number of hydrogen-bond acceptors (Lipinski definition) is 3. The normalized spacial score (nSPS) is 11.7. The highest BCUT2D eigenvalue weighted by Crippen LogP contribution is 2.20. The summed E-state index contributed by atoms with van der Waals surface area (Å²) in [4.78, 5) is 7.09. The van der Waals surface area contributed by atoms with Crippen LogP contribution in [0.1, 0.15) is 58.7 Å². The van der Waals surface area contributed by atoms with Crippen LogP contribution in [0.15, 0.2) is 12.1 Å². The molecule has 0 saturated carbocycles. The lowest BCUT2D eigenvalue weighted by Gasteiger charge is -2.22. The number of nitrogens with zero attached hydrogens (tertiary/aromatic N) is 2. The third-order valence-electron chi connectivity index (χ3n) is 3.39. The minimum atomic E-state index is 0.459. The second kappa shape index (κ2) is 8.38. The summed E-state index contributed by atoms with van der Waals surface area (Å²) in [5, 5.41) is 3.53. The van der Waals surface area contributed by atoms with E-state index in [0.29, 0.717) is 17.8 Å². The Morgan fingerprint density at radius 1 is 1.05 bits per heavy atom. The van der Waals surface area contributed by atoms with Crippen molar-refractivity contribution < 1.29 is 0 Å². The summed E-state index contributed by atoms with van der Waals surface area (Å²) in [7, 11) is 2.14. The second-order valence-corrected chi connectivity index (χ2v) is 7.21. The van der Waals surface area contributed by atoms with Crippen molar-refractivity contribution in [1.82, 2.24) is 10.3 Å². The molecule has 0 unspecified atom stereocenters. The largest absolute Gasteiger partial charge is 0.359 e. The summed E-state index contributed by atoms with van der Waals surface area (Å²) < 4.78 is 0. The molecule has 0 amide bonds. The van der Waals surface area contributed by atoms with Crippen LogP contribution < -0.4 is 10.2 Å². The molecule has 0 radical (unpaired) electrons. The Bertz CT molecular complexity index is 424. The molecule has 0 atom stereocenters. The number of aromatic nitrogens is 1. The van der Waals surface area contributed by atoms with Gasteiger partial charge in [0.1, 0.15) is 5.82 Å². The molecule has 0 bridgehead atoms. The summed E-state index contributed by atoms with van der Waals surface area (Å²) in [5.74, 6) is 2.87. The van der Waals surface area contributed by atoms with E-state index in [1.54, 1.807) is 0 Å². The van der Waals surface area contributed by atoms with Gasteiger partial charge in [0.25, 0.3) is 0 Å². The Morgan fingerprint density at radius 2 is 1.71 bits per heavy atom. The Morgan fingerprint density at radius 3 is 2.24 bits per heavy atom. The van der Waals surface area contributed by atoms with Gasteiger partial charge in [0.15, 0.2) is 0 Å². The number of rotatable bonds is 8. The molecular formula is C18H33N3. The van der Waals surface area contributed by atoms with Crippen molar-refractivity contribution >= 4 is 5.82 Å². The maximum absolute atomic E-state index is 4.83. The highest BCUT2D eigenvalue weighted by Gasteiger charge is 2.10. The molecule has 0 aliphatic carbocycles. The third kappa shape index (κ3) is 6.47. The quantitative estimate of drug-likeness (QED) is 0.783. The lowest BCUT2D eigenvalue weighted by Crippen LogP contribution is -2.25. The molecule has 1 aromatic rings. The van der Waals surface area contributed by atoms with Gasteiger partial charge in [-0.25, -0.2) is 4.98 Å². The monoisotopic (exact) mass is 291 g/mol. The molecule has 0 aromatic carbocycles. The average molecular weight is 291 g/mol. The average Bonchev–Trinajstić information content (AvgIpc) is 2.37. The van der Waals surface area contributed by atoms with Gasteiger partial charge in [-0.15, -0.1) is 0 Å². The van der Waals surface area contributed by atoms with Gasteiger partial charge in [-0.3, -0.25) is 0 Å². The van der Waals surface area contributed by atoms with Gasteiger partial charge in [-0.1, -0.05) is 41.5 Å². The van der Waals surface area contributed by atoms with Crippen LogP contribution in [0.4, 0.5) is 5.82 Å². The van der Waals surface area contributed by atoms with Crippen molar-refractivity contribution in [3.8, 4) is 0 Å². The van der Waals surface area contributed by atoms with Gasteiger partial charge >= 0.3 is 0 Å². The molecule has 1 aromatic heterocycles. The first-order chi connectivity index (χ1) is 9.79. The van der Waals surface area contributed by atoms with Gasteiger partial charge in [0.2, 0.25) is 0 Å². The highest BCUT2D eigenvalue weighted by atomic mass is 15.2. The molecule has 0 spiro atoms. The second-order valence-electron chi connectivity index (χ2n) is 7.21. The first kappa shape index (κ1) is 18.0. The Labute approximate surface area is 131 Å². The Balaban J connectivity index is 2.89. The maximum Gasteiger partial charge on any atom is 0.128 e. The topological polar surface area (TPSA) is 28.2 Å². The van der Waals surface area contributed by atoms with Crippen molar-refractivity contribution in [2.75, 3.05) is 25.0 Å². The number of anilines is 1. The van der Waals surface area contributed by atoms with Crippen molar-refractivity contribution in [2.45, 2.75) is 54.0 Å². The van der Waals surface area contributed by atoms with Crippen molar-refractivity contribution in [3.63, 3.8) is 0 Å². The van der Waals surface area contributed by atoms with Crippen LogP contribution in [0, 0.1) is 11.8 Å². The van der Waals surface area contributed by atoms with Gasteiger partial charge in [-0.2, -0.15) is 0 Å². The Hall–Kier alpha value is -1.09. The van der Waals surface area contributed by atoms with E-state index >= 15 is 0 Å². The summed E-state index contributed by atoms with van der Waals surface area (Å²) in [5.41, 5.74) is 2.52. The van der Waals surface area contributed by atoms with Gasteiger partial charge in [-0.05, 0) is 42.0 Å². The van der Waals surface area contributed by atoms with E-state index in [1.165, 1.54) is 11.3 Å². The zero-order valence-electron chi connectivity index (χ0n) is 14.9. The van der Waals surface area contributed by atoms with Crippen LogP contribution in [0.25, 0.3) is 0 Å². The van der Waals surface area contributed by atoms with Crippen molar-refractivity contribution in [2.24, 2.45) is 11.8 Å². The molecule has 0 saturated heterocycles. The maximum atomic E-state index is 4.83. The van der Waals surface area contributed by atoms with E-state index in [2.05, 4.69) is 70.9 Å². The third-order valence-corrected chi connectivity index (χ3v) is 3.39. The molecule has 21 heavy (non-hydrogen) atoms. The predicted molar refractivity (Wildman–Crippen MR) is 93.0 cm³/mol. The minimum absolute atomic E-state index is 0.459. The predicted octanol–water partition coefficient (Wildman–Crippen LogP) is 4.04. The van der Waals surface area contributed by atoms with E-state index in [4.69, 9.17) is 4.98 Å². The van der Waals surface area contributed by atoms with Crippen LogP contribution in [0.5, 0.6) is 0 Å². The minimum Gasteiger partial charge on any atom is -0.359 e. The number of pyridine rings is 1. The molecule has 0 aliphatic rings. The zero-order valence-corrected chi connectivity index (χ0v) is 14.9. The lowest BCUT2D eigenvalue weighted by atomic mass is 10.1. The van der Waals surface area contributed by atoms with Gasteiger partial charge in [0, 0.05) is 25.8 Å². The van der Waals surface area contributed by atoms with Crippen molar-refractivity contribution in [1.29, 1.82) is 0 Å². The van der Waals surface area contributed by atoms with Crippen LogP contribution in [-0.4, -0.2) is 25.1 Å².